The summed E-state index contributed by atoms with van der Waals surface area (Å²) in [7, 11) is 4.75. The SMILES string of the molecule is COC1CN(C(=O)OCC(C)C)CCC1(OC)OC. The molecular formula is C13H25NO5. The average Bonchev–Trinajstić information content (AvgIpc) is 2.43. The molecule has 1 rings (SSSR count). The van der Waals surface area contributed by atoms with Crippen molar-refractivity contribution in [3.05, 3.63) is 0 Å². The minimum atomic E-state index is -0.788. The second-order valence-corrected chi connectivity index (χ2v) is 5.11. The Balaban J connectivity index is 2.61. The molecule has 19 heavy (non-hydrogen) atoms. The molecule has 1 saturated heterocycles. The minimum absolute atomic E-state index is 0.309. The summed E-state index contributed by atoms with van der Waals surface area (Å²) in [6, 6.07) is 0. The van der Waals surface area contributed by atoms with Gasteiger partial charge in [-0.1, -0.05) is 13.8 Å². The fourth-order valence-electron chi connectivity index (χ4n) is 2.18. The Bertz CT molecular complexity index is 291. The van der Waals surface area contributed by atoms with Crippen molar-refractivity contribution in [3.8, 4) is 0 Å². The third-order valence-electron chi connectivity index (χ3n) is 3.38. The summed E-state index contributed by atoms with van der Waals surface area (Å²) in [5, 5.41) is 0. The molecule has 0 aromatic carbocycles. The second kappa shape index (κ2) is 7.07. The molecule has 0 aromatic heterocycles. The highest BCUT2D eigenvalue weighted by Crippen LogP contribution is 2.29. The van der Waals surface area contributed by atoms with Crippen LogP contribution in [-0.4, -0.2) is 63.9 Å². The molecule has 0 saturated carbocycles. The van der Waals surface area contributed by atoms with E-state index in [1.165, 1.54) is 0 Å². The summed E-state index contributed by atoms with van der Waals surface area (Å²) >= 11 is 0. The highest BCUT2D eigenvalue weighted by Gasteiger charge is 2.45. The lowest BCUT2D eigenvalue weighted by molar-refractivity contribution is -0.281. The van der Waals surface area contributed by atoms with Crippen LogP contribution in [0.5, 0.6) is 0 Å². The van der Waals surface area contributed by atoms with Crippen molar-refractivity contribution >= 4 is 6.09 Å². The van der Waals surface area contributed by atoms with Crippen molar-refractivity contribution in [2.45, 2.75) is 32.2 Å². The highest BCUT2D eigenvalue weighted by molar-refractivity contribution is 5.67. The van der Waals surface area contributed by atoms with Crippen LogP contribution in [-0.2, 0) is 18.9 Å². The monoisotopic (exact) mass is 275 g/mol. The van der Waals surface area contributed by atoms with Crippen molar-refractivity contribution < 1.29 is 23.7 Å². The summed E-state index contributed by atoms with van der Waals surface area (Å²) in [4.78, 5) is 13.6. The number of hydrogen-bond donors (Lipinski definition) is 0. The first-order valence-corrected chi connectivity index (χ1v) is 6.54. The first-order valence-electron chi connectivity index (χ1n) is 6.54. The van der Waals surface area contributed by atoms with Crippen molar-refractivity contribution in [3.63, 3.8) is 0 Å². The molecule has 1 amide bonds. The highest BCUT2D eigenvalue weighted by atomic mass is 16.7. The minimum Gasteiger partial charge on any atom is -0.449 e. The van der Waals surface area contributed by atoms with E-state index in [0.29, 0.717) is 32.0 Å². The third kappa shape index (κ3) is 3.81. The number of methoxy groups -OCH3 is 3. The number of piperidine rings is 1. The first-order chi connectivity index (χ1) is 8.99. The number of likely N-dealkylation sites (tertiary alicyclic amines) is 1. The van der Waals surface area contributed by atoms with E-state index in [-0.39, 0.29) is 12.2 Å². The van der Waals surface area contributed by atoms with Crippen molar-refractivity contribution in [1.29, 1.82) is 0 Å². The molecule has 6 heteroatoms. The van der Waals surface area contributed by atoms with Crippen LogP contribution in [0.3, 0.4) is 0 Å². The quantitative estimate of drug-likeness (QED) is 0.711. The Kier molecular flexibility index (Phi) is 6.03. The maximum Gasteiger partial charge on any atom is 0.409 e. The zero-order valence-corrected chi connectivity index (χ0v) is 12.5. The van der Waals surface area contributed by atoms with Crippen LogP contribution in [0.25, 0.3) is 0 Å². The predicted octanol–water partition coefficient (Wildman–Crippen LogP) is 1.49. The average molecular weight is 275 g/mol. The second-order valence-electron chi connectivity index (χ2n) is 5.11. The lowest BCUT2D eigenvalue weighted by Crippen LogP contribution is -2.59. The van der Waals surface area contributed by atoms with E-state index in [4.69, 9.17) is 18.9 Å². The summed E-state index contributed by atoms with van der Waals surface area (Å²) < 4.78 is 21.5. The number of amides is 1. The number of hydrogen-bond acceptors (Lipinski definition) is 5. The number of carbonyl (C=O) groups excluding carboxylic acids is 1. The van der Waals surface area contributed by atoms with E-state index in [1.807, 2.05) is 13.8 Å². The molecule has 1 fully saturated rings. The fourth-order valence-corrected chi connectivity index (χ4v) is 2.18. The van der Waals surface area contributed by atoms with E-state index in [9.17, 15) is 4.79 Å². The molecule has 0 aliphatic carbocycles. The lowest BCUT2D eigenvalue weighted by Gasteiger charge is -2.44. The molecule has 0 N–H and O–H groups in total. The van der Waals surface area contributed by atoms with Crippen LogP contribution in [0.4, 0.5) is 4.79 Å². The smallest absolute Gasteiger partial charge is 0.409 e. The van der Waals surface area contributed by atoms with Crippen LogP contribution in [0.2, 0.25) is 0 Å². The van der Waals surface area contributed by atoms with Gasteiger partial charge in [-0.2, -0.15) is 0 Å². The van der Waals surface area contributed by atoms with Gasteiger partial charge in [-0.05, 0) is 5.92 Å². The largest absolute Gasteiger partial charge is 0.449 e. The predicted molar refractivity (Wildman–Crippen MR) is 69.9 cm³/mol. The van der Waals surface area contributed by atoms with Gasteiger partial charge in [0.2, 0.25) is 0 Å². The zero-order chi connectivity index (χ0) is 14.5. The summed E-state index contributed by atoms with van der Waals surface area (Å²) in [6.07, 6.45) is -0.0886. The van der Waals surface area contributed by atoms with Gasteiger partial charge in [0, 0.05) is 34.3 Å². The van der Waals surface area contributed by atoms with Crippen molar-refractivity contribution in [2.24, 2.45) is 5.92 Å². The fraction of sp³-hybridized carbons (Fsp3) is 0.923. The standard InChI is InChI=1S/C13H25NO5/c1-10(2)9-19-12(15)14-7-6-13(17-4,18-5)11(8-14)16-3/h10-11H,6-9H2,1-5H3. The van der Waals surface area contributed by atoms with E-state index in [2.05, 4.69) is 0 Å². The van der Waals surface area contributed by atoms with Crippen molar-refractivity contribution in [1.82, 2.24) is 4.90 Å². The first kappa shape index (κ1) is 16.2. The van der Waals surface area contributed by atoms with Crippen molar-refractivity contribution in [2.75, 3.05) is 41.0 Å². The molecule has 0 bridgehead atoms. The zero-order valence-electron chi connectivity index (χ0n) is 12.5. The van der Waals surface area contributed by atoms with Gasteiger partial charge in [0.25, 0.3) is 0 Å². The Morgan fingerprint density at radius 3 is 2.42 bits per heavy atom. The van der Waals surface area contributed by atoms with Gasteiger partial charge in [0.15, 0.2) is 5.79 Å². The van der Waals surface area contributed by atoms with Crippen LogP contribution in [0.1, 0.15) is 20.3 Å². The number of rotatable bonds is 5. The normalized spacial score (nSPS) is 22.6. The number of carbonyl (C=O) groups is 1. The maximum atomic E-state index is 11.9. The molecule has 0 spiro atoms. The van der Waals surface area contributed by atoms with E-state index in [0.717, 1.165) is 0 Å². The molecule has 0 radical (unpaired) electrons. The Hall–Kier alpha value is -0.850. The lowest BCUT2D eigenvalue weighted by atomic mass is 10.0. The molecule has 0 aromatic rings. The Morgan fingerprint density at radius 1 is 1.32 bits per heavy atom. The van der Waals surface area contributed by atoms with Gasteiger partial charge in [0.05, 0.1) is 13.2 Å². The Labute approximate surface area is 114 Å². The third-order valence-corrected chi connectivity index (χ3v) is 3.38. The molecule has 1 atom stereocenters. The van der Waals surface area contributed by atoms with Gasteiger partial charge in [0.1, 0.15) is 6.10 Å². The molecule has 112 valence electrons. The maximum absolute atomic E-state index is 11.9. The molecule has 6 nitrogen and oxygen atoms in total. The van der Waals surface area contributed by atoms with Gasteiger partial charge in [-0.25, -0.2) is 4.79 Å². The van der Waals surface area contributed by atoms with Gasteiger partial charge >= 0.3 is 6.09 Å². The molecular weight excluding hydrogens is 250 g/mol. The Morgan fingerprint density at radius 2 is 1.95 bits per heavy atom. The topological polar surface area (TPSA) is 57.2 Å². The van der Waals surface area contributed by atoms with E-state index < -0.39 is 5.79 Å². The summed E-state index contributed by atoms with van der Waals surface area (Å²) in [6.45, 7) is 5.35. The molecule has 1 unspecified atom stereocenters. The molecule has 1 heterocycles. The van der Waals surface area contributed by atoms with E-state index >= 15 is 0 Å². The van der Waals surface area contributed by atoms with E-state index in [1.54, 1.807) is 26.2 Å². The molecule has 1 aliphatic heterocycles. The van der Waals surface area contributed by atoms with Crippen LogP contribution in [0, 0.1) is 5.92 Å². The summed E-state index contributed by atoms with van der Waals surface area (Å²) in [5.41, 5.74) is 0. The number of nitrogens with zero attached hydrogens (tertiary/aromatic N) is 1. The number of ether oxygens (including phenoxy) is 4. The van der Waals surface area contributed by atoms with Crippen LogP contribution in [0.15, 0.2) is 0 Å². The van der Waals surface area contributed by atoms with Gasteiger partial charge < -0.3 is 23.8 Å². The van der Waals surface area contributed by atoms with Crippen LogP contribution < -0.4 is 0 Å². The van der Waals surface area contributed by atoms with Gasteiger partial charge in [-0.15, -0.1) is 0 Å². The molecule has 1 aliphatic rings. The summed E-state index contributed by atoms with van der Waals surface area (Å²) in [5.74, 6) is -0.465. The van der Waals surface area contributed by atoms with Crippen LogP contribution >= 0.6 is 0 Å². The van der Waals surface area contributed by atoms with Gasteiger partial charge in [-0.3, -0.25) is 0 Å².